The number of hydrazone groups is 1. The molecule has 0 aliphatic rings. The van der Waals surface area contributed by atoms with E-state index in [9.17, 15) is 9.18 Å². The third-order valence-corrected chi connectivity index (χ3v) is 1.48. The number of primary amides is 1. The van der Waals surface area contributed by atoms with Crippen molar-refractivity contribution in [3.63, 3.8) is 0 Å². The van der Waals surface area contributed by atoms with E-state index in [1.165, 1.54) is 30.3 Å². The second-order valence-corrected chi connectivity index (χ2v) is 2.56. The normalized spacial score (nSPS) is 10.5. The van der Waals surface area contributed by atoms with Crippen LogP contribution in [0, 0.1) is 17.1 Å². The number of carbonyl (C=O) groups is 1. The zero-order valence-electron chi connectivity index (χ0n) is 7.57. The van der Waals surface area contributed by atoms with Gasteiger partial charge in [-0.3, -0.25) is 10.2 Å². The molecule has 0 bridgehead atoms. The van der Waals surface area contributed by atoms with E-state index in [4.69, 9.17) is 11.0 Å². The Hall–Kier alpha value is -2.42. The summed E-state index contributed by atoms with van der Waals surface area (Å²) in [7, 11) is 0. The van der Waals surface area contributed by atoms with Crippen LogP contribution in [0.4, 0.5) is 10.1 Å². The summed E-state index contributed by atoms with van der Waals surface area (Å²) in [6.45, 7) is 0. The minimum absolute atomic E-state index is 0.389. The fourth-order valence-electron chi connectivity index (χ4n) is 0.780. The number of amides is 1. The molecular formula is C9H7FN4O. The molecule has 3 N–H and O–H groups in total. The number of nitrogens with two attached hydrogens (primary N) is 1. The van der Waals surface area contributed by atoms with E-state index in [1.807, 2.05) is 0 Å². The van der Waals surface area contributed by atoms with Crippen molar-refractivity contribution < 1.29 is 9.18 Å². The molecule has 0 aromatic heterocycles. The van der Waals surface area contributed by atoms with Gasteiger partial charge in [-0.05, 0) is 24.3 Å². The molecule has 15 heavy (non-hydrogen) atoms. The van der Waals surface area contributed by atoms with Crippen LogP contribution in [-0.4, -0.2) is 11.6 Å². The van der Waals surface area contributed by atoms with Gasteiger partial charge in [-0.2, -0.15) is 10.4 Å². The summed E-state index contributed by atoms with van der Waals surface area (Å²) in [5.74, 6) is -1.31. The van der Waals surface area contributed by atoms with Gasteiger partial charge >= 0.3 is 0 Å². The Kier molecular flexibility index (Phi) is 3.35. The Morgan fingerprint density at radius 1 is 1.47 bits per heavy atom. The molecule has 1 rings (SSSR count). The largest absolute Gasteiger partial charge is 0.364 e. The lowest BCUT2D eigenvalue weighted by molar-refractivity contribution is -0.111. The van der Waals surface area contributed by atoms with Crippen LogP contribution in [0.2, 0.25) is 0 Å². The lowest BCUT2D eigenvalue weighted by atomic mass is 10.3. The first-order valence-corrected chi connectivity index (χ1v) is 3.92. The first kappa shape index (κ1) is 10.7. The monoisotopic (exact) mass is 206 g/mol. The Balaban J connectivity index is 2.76. The number of anilines is 1. The van der Waals surface area contributed by atoms with Crippen molar-refractivity contribution in [3.8, 4) is 6.07 Å². The molecule has 0 saturated carbocycles. The van der Waals surface area contributed by atoms with Crippen molar-refractivity contribution in [1.29, 1.82) is 5.26 Å². The fraction of sp³-hybridized carbons (Fsp3) is 0. The zero-order chi connectivity index (χ0) is 11.3. The van der Waals surface area contributed by atoms with Gasteiger partial charge in [0.05, 0.1) is 5.69 Å². The molecule has 6 heteroatoms. The van der Waals surface area contributed by atoms with Crippen LogP contribution in [0.5, 0.6) is 0 Å². The Bertz CT molecular complexity index is 432. The molecule has 5 nitrogen and oxygen atoms in total. The second-order valence-electron chi connectivity index (χ2n) is 2.56. The van der Waals surface area contributed by atoms with Gasteiger partial charge in [-0.15, -0.1) is 0 Å². The number of hydrogen-bond donors (Lipinski definition) is 2. The van der Waals surface area contributed by atoms with Crippen LogP contribution in [0.15, 0.2) is 29.4 Å². The van der Waals surface area contributed by atoms with Crippen molar-refractivity contribution in [3.05, 3.63) is 30.1 Å². The van der Waals surface area contributed by atoms with Gasteiger partial charge in [0, 0.05) is 0 Å². The summed E-state index contributed by atoms with van der Waals surface area (Å²) >= 11 is 0. The van der Waals surface area contributed by atoms with Crippen molar-refractivity contribution in [2.45, 2.75) is 0 Å². The lowest BCUT2D eigenvalue weighted by Crippen LogP contribution is -2.22. The highest BCUT2D eigenvalue weighted by Crippen LogP contribution is 2.07. The Morgan fingerprint density at radius 3 is 2.53 bits per heavy atom. The summed E-state index contributed by atoms with van der Waals surface area (Å²) in [6, 6.07) is 6.78. The molecule has 0 fully saturated rings. The molecule has 0 unspecified atom stereocenters. The van der Waals surface area contributed by atoms with Gasteiger partial charge in [0.2, 0.25) is 5.71 Å². The number of hydrogen-bond acceptors (Lipinski definition) is 4. The zero-order valence-corrected chi connectivity index (χ0v) is 7.57. The summed E-state index contributed by atoms with van der Waals surface area (Å²) < 4.78 is 12.5. The quantitative estimate of drug-likeness (QED) is 0.560. The van der Waals surface area contributed by atoms with E-state index < -0.39 is 11.6 Å². The van der Waals surface area contributed by atoms with Crippen LogP contribution >= 0.6 is 0 Å². The standard InChI is InChI=1S/C9H7FN4O/c10-6-1-3-7(4-2-6)13-14-8(5-11)9(12)15/h1-4,13H,(H2,12,15). The summed E-state index contributed by atoms with van der Waals surface area (Å²) in [6.07, 6.45) is 0. The lowest BCUT2D eigenvalue weighted by Gasteiger charge is -1.99. The van der Waals surface area contributed by atoms with E-state index in [0.717, 1.165) is 0 Å². The molecule has 0 atom stereocenters. The van der Waals surface area contributed by atoms with Gasteiger partial charge in [-0.25, -0.2) is 4.39 Å². The molecule has 76 valence electrons. The summed E-state index contributed by atoms with van der Waals surface area (Å²) in [5.41, 5.74) is 7.25. The van der Waals surface area contributed by atoms with Crippen molar-refractivity contribution in [1.82, 2.24) is 0 Å². The number of rotatable bonds is 3. The van der Waals surface area contributed by atoms with Crippen molar-refractivity contribution in [2.24, 2.45) is 10.8 Å². The molecule has 1 aromatic rings. The van der Waals surface area contributed by atoms with Gasteiger partial charge in [0.25, 0.3) is 5.91 Å². The number of nitrogens with one attached hydrogen (secondary N) is 1. The van der Waals surface area contributed by atoms with Gasteiger partial charge < -0.3 is 5.73 Å². The van der Waals surface area contributed by atoms with E-state index in [1.54, 1.807) is 0 Å². The number of benzene rings is 1. The van der Waals surface area contributed by atoms with Crippen molar-refractivity contribution in [2.75, 3.05) is 5.43 Å². The average molecular weight is 206 g/mol. The first-order valence-electron chi connectivity index (χ1n) is 3.92. The topological polar surface area (TPSA) is 91.3 Å². The molecule has 0 heterocycles. The Labute approximate surface area is 85.0 Å². The molecule has 0 spiro atoms. The predicted molar refractivity (Wildman–Crippen MR) is 52.3 cm³/mol. The minimum atomic E-state index is -0.924. The smallest absolute Gasteiger partial charge is 0.280 e. The van der Waals surface area contributed by atoms with Gasteiger partial charge in [-0.1, -0.05) is 0 Å². The fourth-order valence-corrected chi connectivity index (χ4v) is 0.780. The SMILES string of the molecule is N#CC(=NNc1ccc(F)cc1)C(N)=O. The highest BCUT2D eigenvalue weighted by molar-refractivity contribution is 6.44. The predicted octanol–water partition coefficient (Wildman–Crippen LogP) is 0.602. The number of nitrogens with zero attached hydrogens (tertiary/aromatic N) is 2. The number of carbonyl (C=O) groups excluding carboxylic acids is 1. The third kappa shape index (κ3) is 3.08. The minimum Gasteiger partial charge on any atom is -0.364 e. The van der Waals surface area contributed by atoms with Crippen molar-refractivity contribution >= 4 is 17.3 Å². The molecule has 0 aliphatic heterocycles. The van der Waals surface area contributed by atoms with Crippen LogP contribution < -0.4 is 11.2 Å². The molecule has 0 aliphatic carbocycles. The Morgan fingerprint density at radius 2 is 2.07 bits per heavy atom. The van der Waals surface area contributed by atoms with Crippen LogP contribution in [-0.2, 0) is 4.79 Å². The highest BCUT2D eigenvalue weighted by Gasteiger charge is 2.04. The van der Waals surface area contributed by atoms with E-state index in [-0.39, 0.29) is 5.82 Å². The highest BCUT2D eigenvalue weighted by atomic mass is 19.1. The molecule has 0 radical (unpaired) electrons. The molecular weight excluding hydrogens is 199 g/mol. The number of nitriles is 1. The number of halogens is 1. The van der Waals surface area contributed by atoms with Crippen LogP contribution in [0.1, 0.15) is 0 Å². The average Bonchev–Trinajstić information content (AvgIpc) is 2.21. The van der Waals surface area contributed by atoms with E-state index in [0.29, 0.717) is 5.69 Å². The summed E-state index contributed by atoms with van der Waals surface area (Å²) in [4.78, 5) is 10.6. The maximum atomic E-state index is 12.5. The van der Waals surface area contributed by atoms with Crippen LogP contribution in [0.3, 0.4) is 0 Å². The van der Waals surface area contributed by atoms with Gasteiger partial charge in [0.15, 0.2) is 0 Å². The third-order valence-electron chi connectivity index (χ3n) is 1.48. The molecule has 1 amide bonds. The second kappa shape index (κ2) is 4.72. The maximum Gasteiger partial charge on any atom is 0.280 e. The summed E-state index contributed by atoms with van der Waals surface area (Å²) in [5, 5.41) is 11.9. The van der Waals surface area contributed by atoms with E-state index in [2.05, 4.69) is 10.5 Å². The first-order chi connectivity index (χ1) is 7.13. The molecule has 0 saturated heterocycles. The maximum absolute atomic E-state index is 12.5. The van der Waals surface area contributed by atoms with Crippen LogP contribution in [0.25, 0.3) is 0 Å². The van der Waals surface area contributed by atoms with E-state index >= 15 is 0 Å². The van der Waals surface area contributed by atoms with Gasteiger partial charge in [0.1, 0.15) is 11.9 Å². The molecule has 1 aromatic carbocycles.